The second-order valence-corrected chi connectivity index (χ2v) is 5.85. The Morgan fingerprint density at radius 2 is 2.41 bits per heavy atom. The van der Waals surface area contributed by atoms with E-state index in [1.165, 1.54) is 24.1 Å². The summed E-state index contributed by atoms with van der Waals surface area (Å²) >= 11 is 1.97. The van der Waals surface area contributed by atoms with Gasteiger partial charge in [0.1, 0.15) is 5.76 Å². The lowest BCUT2D eigenvalue weighted by Gasteiger charge is -2.17. The molecule has 1 aromatic heterocycles. The summed E-state index contributed by atoms with van der Waals surface area (Å²) in [6, 6.07) is 2.68. The van der Waals surface area contributed by atoms with E-state index >= 15 is 0 Å². The molecule has 1 aliphatic carbocycles. The largest absolute Gasteiger partial charge is 0.496 e. The highest BCUT2D eigenvalue weighted by Gasteiger charge is 2.24. The highest BCUT2D eigenvalue weighted by atomic mass is 32.1. The van der Waals surface area contributed by atoms with Gasteiger partial charge in [0.15, 0.2) is 0 Å². The fourth-order valence-electron chi connectivity index (χ4n) is 2.68. The van der Waals surface area contributed by atoms with Crippen molar-refractivity contribution in [2.75, 3.05) is 13.2 Å². The van der Waals surface area contributed by atoms with Crippen LogP contribution in [0.5, 0.6) is 0 Å². The van der Waals surface area contributed by atoms with Gasteiger partial charge in [0.05, 0.1) is 12.6 Å². The minimum absolute atomic E-state index is 0.290. The molecule has 0 bridgehead atoms. The van der Waals surface area contributed by atoms with Crippen molar-refractivity contribution < 1.29 is 4.74 Å². The number of fused-ring (bicyclic) bond motifs is 1. The first-order valence-electron chi connectivity index (χ1n) is 6.56. The molecule has 0 aromatic carbocycles. The molecule has 2 nitrogen and oxygen atoms in total. The van der Waals surface area contributed by atoms with Crippen molar-refractivity contribution in [2.45, 2.75) is 38.6 Å². The fourth-order valence-corrected chi connectivity index (χ4v) is 4.02. The molecule has 2 aliphatic rings. The van der Waals surface area contributed by atoms with Crippen LogP contribution in [0, 0.1) is 0 Å². The molecule has 92 valence electrons. The molecular weight excluding hydrogens is 230 g/mol. The van der Waals surface area contributed by atoms with Gasteiger partial charge in [0.25, 0.3) is 0 Å². The quantitative estimate of drug-likeness (QED) is 0.885. The van der Waals surface area contributed by atoms with Crippen molar-refractivity contribution in [3.8, 4) is 0 Å². The zero-order chi connectivity index (χ0) is 11.7. The highest BCUT2D eigenvalue weighted by Crippen LogP contribution is 2.37. The first-order valence-corrected chi connectivity index (χ1v) is 7.38. The maximum Gasteiger partial charge on any atom is 0.114 e. The summed E-state index contributed by atoms with van der Waals surface area (Å²) < 4.78 is 5.73. The van der Waals surface area contributed by atoms with Gasteiger partial charge in [-0.25, -0.2) is 0 Å². The number of rotatable bonds is 4. The van der Waals surface area contributed by atoms with Gasteiger partial charge in [-0.05, 0) is 43.5 Å². The number of nitrogens with one attached hydrogen (secondary N) is 1. The van der Waals surface area contributed by atoms with Crippen LogP contribution >= 0.6 is 11.3 Å². The lowest BCUT2D eigenvalue weighted by Crippen LogP contribution is -2.22. The third-order valence-corrected chi connectivity index (χ3v) is 4.78. The number of aryl methyl sites for hydroxylation is 2. The minimum Gasteiger partial charge on any atom is -0.496 e. The molecular formula is C14H19NOS. The van der Waals surface area contributed by atoms with Gasteiger partial charge in [0.2, 0.25) is 0 Å². The van der Waals surface area contributed by atoms with E-state index in [4.69, 9.17) is 4.74 Å². The average molecular weight is 249 g/mol. The van der Waals surface area contributed by atoms with Crippen LogP contribution in [0.4, 0.5) is 0 Å². The molecule has 1 unspecified atom stereocenters. The zero-order valence-electron chi connectivity index (χ0n) is 10.3. The first-order chi connectivity index (χ1) is 8.38. The van der Waals surface area contributed by atoms with E-state index in [9.17, 15) is 0 Å². The Balaban J connectivity index is 1.86. The normalized spacial score (nSPS) is 19.9. The monoisotopic (exact) mass is 249 g/mol. The molecule has 1 aliphatic heterocycles. The van der Waals surface area contributed by atoms with E-state index in [0.717, 1.165) is 25.3 Å². The number of hydrogen-bond acceptors (Lipinski definition) is 3. The molecule has 3 heteroatoms. The van der Waals surface area contributed by atoms with Gasteiger partial charge in [-0.3, -0.25) is 0 Å². The number of ether oxygens (including phenoxy) is 1. The van der Waals surface area contributed by atoms with E-state index in [-0.39, 0.29) is 6.04 Å². The maximum atomic E-state index is 5.73. The molecule has 0 fully saturated rings. The van der Waals surface area contributed by atoms with Crippen LogP contribution < -0.4 is 5.32 Å². The first kappa shape index (κ1) is 11.3. The second kappa shape index (κ2) is 4.83. The molecule has 3 rings (SSSR count). The molecule has 2 heterocycles. The van der Waals surface area contributed by atoms with Crippen molar-refractivity contribution in [1.29, 1.82) is 0 Å². The third-order valence-electron chi connectivity index (χ3n) is 3.48. The third kappa shape index (κ3) is 2.14. The van der Waals surface area contributed by atoms with Crippen molar-refractivity contribution in [1.82, 2.24) is 5.32 Å². The van der Waals surface area contributed by atoms with Crippen molar-refractivity contribution >= 4 is 11.3 Å². The Labute approximate surface area is 107 Å². The van der Waals surface area contributed by atoms with Crippen LogP contribution in [0.3, 0.4) is 0 Å². The second-order valence-electron chi connectivity index (χ2n) is 4.69. The maximum absolute atomic E-state index is 5.73. The van der Waals surface area contributed by atoms with Gasteiger partial charge in [-0.15, -0.1) is 11.3 Å². The summed E-state index contributed by atoms with van der Waals surface area (Å²) in [7, 11) is 0. The minimum atomic E-state index is 0.290. The number of thiophene rings is 1. The van der Waals surface area contributed by atoms with E-state index < -0.39 is 0 Å². The standard InChI is InChI=1S/C14H19NOS/c1-2-15-14(11-6-4-8-16-11)13-9-10-5-3-7-12(10)17-13/h6,9,14-15H,2-5,7-8H2,1H3. The Bertz CT molecular complexity index is 414. The van der Waals surface area contributed by atoms with Crippen LogP contribution in [0.15, 0.2) is 17.9 Å². The van der Waals surface area contributed by atoms with Gasteiger partial charge < -0.3 is 10.1 Å². The summed E-state index contributed by atoms with van der Waals surface area (Å²) in [5, 5.41) is 3.55. The van der Waals surface area contributed by atoms with E-state index in [1.54, 1.807) is 10.4 Å². The predicted molar refractivity (Wildman–Crippen MR) is 71.4 cm³/mol. The molecule has 0 saturated carbocycles. The predicted octanol–water partition coefficient (Wildman–Crippen LogP) is 3.19. The van der Waals surface area contributed by atoms with Crippen LogP contribution in [0.25, 0.3) is 0 Å². The molecule has 1 aromatic rings. The van der Waals surface area contributed by atoms with E-state index in [2.05, 4.69) is 24.4 Å². The Kier molecular flexibility index (Phi) is 3.21. The molecule has 1 N–H and O–H groups in total. The lowest BCUT2D eigenvalue weighted by molar-refractivity contribution is 0.217. The fraction of sp³-hybridized carbons (Fsp3) is 0.571. The Morgan fingerprint density at radius 3 is 3.12 bits per heavy atom. The summed E-state index contributed by atoms with van der Waals surface area (Å²) in [5.41, 5.74) is 1.58. The molecule has 0 saturated heterocycles. The van der Waals surface area contributed by atoms with Crippen LogP contribution in [-0.4, -0.2) is 13.2 Å². The van der Waals surface area contributed by atoms with Gasteiger partial charge in [-0.1, -0.05) is 6.92 Å². The summed E-state index contributed by atoms with van der Waals surface area (Å²) in [6.07, 6.45) is 7.18. The summed E-state index contributed by atoms with van der Waals surface area (Å²) in [5.74, 6) is 1.13. The Morgan fingerprint density at radius 1 is 1.47 bits per heavy atom. The van der Waals surface area contributed by atoms with Gasteiger partial charge >= 0.3 is 0 Å². The smallest absolute Gasteiger partial charge is 0.114 e. The van der Waals surface area contributed by atoms with Gasteiger partial charge in [0, 0.05) is 16.2 Å². The van der Waals surface area contributed by atoms with Crippen molar-refractivity contribution in [3.63, 3.8) is 0 Å². The molecule has 1 atom stereocenters. The summed E-state index contributed by atoms with van der Waals surface area (Å²) in [6.45, 7) is 3.99. The number of likely N-dealkylation sites (N-methyl/N-ethyl adjacent to an activating group) is 1. The topological polar surface area (TPSA) is 21.3 Å². The zero-order valence-corrected chi connectivity index (χ0v) is 11.1. The van der Waals surface area contributed by atoms with Crippen molar-refractivity contribution in [3.05, 3.63) is 33.2 Å². The molecule has 0 spiro atoms. The molecule has 0 amide bonds. The van der Waals surface area contributed by atoms with Crippen LogP contribution in [-0.2, 0) is 17.6 Å². The number of hydrogen-bond donors (Lipinski definition) is 1. The average Bonchev–Trinajstić information content (AvgIpc) is 3.01. The van der Waals surface area contributed by atoms with Crippen LogP contribution in [0.2, 0.25) is 0 Å². The van der Waals surface area contributed by atoms with E-state index in [1.807, 2.05) is 11.3 Å². The van der Waals surface area contributed by atoms with Crippen molar-refractivity contribution in [2.24, 2.45) is 0 Å². The van der Waals surface area contributed by atoms with E-state index in [0.29, 0.717) is 0 Å². The van der Waals surface area contributed by atoms with Crippen LogP contribution in [0.1, 0.15) is 41.1 Å². The SMILES string of the molecule is CCNC(C1=CCCO1)c1cc2c(s1)CCC2. The molecule has 0 radical (unpaired) electrons. The molecule has 17 heavy (non-hydrogen) atoms. The Hall–Kier alpha value is -0.800. The highest BCUT2D eigenvalue weighted by molar-refractivity contribution is 7.12. The van der Waals surface area contributed by atoms with Gasteiger partial charge in [-0.2, -0.15) is 0 Å². The summed E-state index contributed by atoms with van der Waals surface area (Å²) in [4.78, 5) is 3.03. The lowest BCUT2D eigenvalue weighted by atomic mass is 10.1.